The summed E-state index contributed by atoms with van der Waals surface area (Å²) in [7, 11) is 0. The molecule has 0 fully saturated rings. The number of carbonyl (C=O) groups is 1. The summed E-state index contributed by atoms with van der Waals surface area (Å²) in [6.07, 6.45) is 0.405. The van der Waals surface area contributed by atoms with Crippen LogP contribution in [0.25, 0.3) is 0 Å². The van der Waals surface area contributed by atoms with Gasteiger partial charge in [0, 0.05) is 12.5 Å². The first-order valence-electron chi connectivity index (χ1n) is 8.47. The Labute approximate surface area is 160 Å². The number of aryl methyl sites for hydroxylation is 3. The van der Waals surface area contributed by atoms with Gasteiger partial charge >= 0.3 is 6.09 Å². The van der Waals surface area contributed by atoms with Gasteiger partial charge in [-0.2, -0.15) is 0 Å². The maximum Gasteiger partial charge on any atom is 0.411 e. The van der Waals surface area contributed by atoms with Gasteiger partial charge in [0.2, 0.25) is 11.6 Å². The van der Waals surface area contributed by atoms with Crippen LogP contribution in [0.4, 0.5) is 22.1 Å². The molecule has 0 atom stereocenters. The average molecular weight is 379 g/mol. The van der Waals surface area contributed by atoms with E-state index in [1.165, 1.54) is 22.3 Å². The maximum atomic E-state index is 11.4. The molecule has 0 unspecified atom stereocenters. The SMILES string of the molecule is CCOC(=O)Nc1ccc(NCCc2c(C)cc(C)cc2C)[nH+]c1N.[Cl-]. The Balaban J connectivity index is 0.00000338. The third-order valence-electron chi connectivity index (χ3n) is 4.02. The monoisotopic (exact) mass is 378 g/mol. The van der Waals surface area contributed by atoms with E-state index in [4.69, 9.17) is 10.5 Å². The lowest BCUT2D eigenvalue weighted by atomic mass is 9.97. The van der Waals surface area contributed by atoms with Crippen molar-refractivity contribution in [3.05, 3.63) is 46.5 Å². The van der Waals surface area contributed by atoms with Crippen molar-refractivity contribution < 1.29 is 26.9 Å². The Morgan fingerprint density at radius 1 is 1.19 bits per heavy atom. The number of rotatable bonds is 6. The van der Waals surface area contributed by atoms with E-state index in [1.54, 1.807) is 13.0 Å². The number of halogens is 1. The molecule has 1 heterocycles. The predicted molar refractivity (Wildman–Crippen MR) is 101 cm³/mol. The van der Waals surface area contributed by atoms with Crippen LogP contribution in [0.15, 0.2) is 24.3 Å². The lowest BCUT2D eigenvalue weighted by Crippen LogP contribution is -3.00. The molecule has 142 valence electrons. The Morgan fingerprint density at radius 2 is 1.85 bits per heavy atom. The number of aromatic nitrogens is 1. The number of H-pyrrole nitrogens is 1. The molecule has 0 spiro atoms. The van der Waals surface area contributed by atoms with Crippen molar-refractivity contribution in [3.8, 4) is 0 Å². The van der Waals surface area contributed by atoms with Crippen LogP contribution in [0.5, 0.6) is 0 Å². The van der Waals surface area contributed by atoms with Gasteiger partial charge in [-0.15, -0.1) is 0 Å². The fourth-order valence-corrected chi connectivity index (χ4v) is 2.93. The normalized spacial score (nSPS) is 10.0. The van der Waals surface area contributed by atoms with E-state index in [0.29, 0.717) is 18.1 Å². The minimum absolute atomic E-state index is 0. The molecule has 5 N–H and O–H groups in total. The molecule has 2 rings (SSSR count). The molecular weight excluding hydrogens is 352 g/mol. The predicted octanol–water partition coefficient (Wildman–Crippen LogP) is 0.235. The van der Waals surface area contributed by atoms with E-state index in [9.17, 15) is 4.79 Å². The van der Waals surface area contributed by atoms with Gasteiger partial charge in [0.25, 0.3) is 0 Å². The van der Waals surface area contributed by atoms with Gasteiger partial charge < -0.3 is 28.2 Å². The Hall–Kier alpha value is -2.47. The second kappa shape index (κ2) is 9.87. The molecule has 1 amide bonds. The lowest BCUT2D eigenvalue weighted by molar-refractivity contribution is -0.342. The highest BCUT2D eigenvalue weighted by molar-refractivity contribution is 5.87. The molecule has 0 saturated carbocycles. The molecule has 0 aliphatic heterocycles. The van der Waals surface area contributed by atoms with Gasteiger partial charge in [0.1, 0.15) is 5.69 Å². The van der Waals surface area contributed by atoms with E-state index in [0.717, 1.165) is 18.8 Å². The number of aromatic amines is 1. The van der Waals surface area contributed by atoms with E-state index >= 15 is 0 Å². The third kappa shape index (κ3) is 5.81. The maximum absolute atomic E-state index is 11.4. The quantitative estimate of drug-likeness (QED) is 0.671. The van der Waals surface area contributed by atoms with Gasteiger partial charge in [-0.3, -0.25) is 5.32 Å². The Morgan fingerprint density at radius 3 is 2.42 bits per heavy atom. The first kappa shape index (κ1) is 21.6. The van der Waals surface area contributed by atoms with Crippen LogP contribution >= 0.6 is 0 Å². The molecule has 7 heteroatoms. The Bertz CT molecular complexity index is 742. The van der Waals surface area contributed by atoms with Gasteiger partial charge in [0.05, 0.1) is 13.2 Å². The van der Waals surface area contributed by atoms with Gasteiger partial charge in [-0.25, -0.2) is 9.78 Å². The van der Waals surface area contributed by atoms with Crippen molar-refractivity contribution in [1.82, 2.24) is 0 Å². The summed E-state index contributed by atoms with van der Waals surface area (Å²) in [6.45, 7) is 9.26. The summed E-state index contributed by atoms with van der Waals surface area (Å²) in [4.78, 5) is 14.5. The highest BCUT2D eigenvalue weighted by Crippen LogP contribution is 2.18. The van der Waals surface area contributed by atoms with Crippen molar-refractivity contribution >= 4 is 23.4 Å². The molecule has 1 aromatic carbocycles. The van der Waals surface area contributed by atoms with Crippen molar-refractivity contribution in [1.29, 1.82) is 0 Å². The molecule has 26 heavy (non-hydrogen) atoms. The number of benzene rings is 1. The zero-order valence-electron chi connectivity index (χ0n) is 15.7. The van der Waals surface area contributed by atoms with Gasteiger partial charge in [-0.1, -0.05) is 17.7 Å². The minimum atomic E-state index is -0.520. The number of hydrogen-bond donors (Lipinski definition) is 3. The standard InChI is InChI=1S/C19H26N4O2.ClH/c1-5-25-19(24)22-16-6-7-17(23-18(16)20)21-9-8-15-13(3)10-12(2)11-14(15)4;/h6-7,10-11H,5,8-9H2,1-4H3,(H,22,24)(H3,20,21,23);1H. The first-order valence-corrected chi connectivity index (χ1v) is 8.47. The summed E-state index contributed by atoms with van der Waals surface area (Å²) < 4.78 is 4.84. The number of pyridine rings is 1. The summed E-state index contributed by atoms with van der Waals surface area (Å²) in [6, 6.07) is 8.00. The van der Waals surface area contributed by atoms with Crippen LogP contribution in [0.3, 0.4) is 0 Å². The van der Waals surface area contributed by atoms with Crippen LogP contribution in [0.1, 0.15) is 29.2 Å². The van der Waals surface area contributed by atoms with Crippen molar-refractivity contribution in [2.45, 2.75) is 34.1 Å². The molecule has 0 bridgehead atoms. The molecule has 0 radical (unpaired) electrons. The Kier molecular flexibility index (Phi) is 8.19. The summed E-state index contributed by atoms with van der Waals surface area (Å²) >= 11 is 0. The summed E-state index contributed by atoms with van der Waals surface area (Å²) in [5, 5.41) is 5.92. The van der Waals surface area contributed by atoms with Gasteiger partial charge in [0.15, 0.2) is 0 Å². The van der Waals surface area contributed by atoms with Crippen molar-refractivity contribution in [3.63, 3.8) is 0 Å². The van der Waals surface area contributed by atoms with E-state index < -0.39 is 6.09 Å². The number of ether oxygens (including phenoxy) is 1. The smallest absolute Gasteiger partial charge is 0.411 e. The highest BCUT2D eigenvalue weighted by atomic mass is 35.5. The van der Waals surface area contributed by atoms with Gasteiger partial charge in [-0.05, 0) is 50.5 Å². The van der Waals surface area contributed by atoms with E-state index in [2.05, 4.69) is 48.5 Å². The zero-order chi connectivity index (χ0) is 18.4. The van der Waals surface area contributed by atoms with Crippen LogP contribution in [-0.2, 0) is 11.2 Å². The van der Waals surface area contributed by atoms with Crippen molar-refractivity contribution in [2.24, 2.45) is 0 Å². The number of hydrogen-bond acceptors (Lipinski definition) is 4. The van der Waals surface area contributed by atoms with E-state index in [-0.39, 0.29) is 12.4 Å². The third-order valence-corrected chi connectivity index (χ3v) is 4.02. The highest BCUT2D eigenvalue weighted by Gasteiger charge is 2.11. The second-order valence-corrected chi connectivity index (χ2v) is 6.10. The fourth-order valence-electron chi connectivity index (χ4n) is 2.93. The molecular formula is C19H27ClN4O2. The van der Waals surface area contributed by atoms with Crippen LogP contribution in [-0.4, -0.2) is 19.2 Å². The number of nitrogens with two attached hydrogens (primary N) is 1. The number of amides is 1. The van der Waals surface area contributed by atoms with E-state index in [1.807, 2.05) is 6.07 Å². The minimum Gasteiger partial charge on any atom is -1.00 e. The number of nitrogen functional groups attached to an aromatic ring is 1. The summed E-state index contributed by atoms with van der Waals surface area (Å²) in [5.41, 5.74) is 11.7. The lowest BCUT2D eigenvalue weighted by Gasteiger charge is -2.11. The fraction of sp³-hybridized carbons (Fsp3) is 0.368. The molecule has 0 saturated heterocycles. The molecule has 2 aromatic rings. The molecule has 1 aromatic heterocycles. The van der Waals surface area contributed by atoms with Crippen LogP contribution in [0.2, 0.25) is 0 Å². The van der Waals surface area contributed by atoms with Crippen LogP contribution < -0.4 is 33.8 Å². The van der Waals surface area contributed by atoms with Crippen molar-refractivity contribution in [2.75, 3.05) is 29.5 Å². The number of nitrogens with one attached hydrogen (secondary N) is 3. The largest absolute Gasteiger partial charge is 1.00 e. The number of carbonyl (C=O) groups excluding carboxylic acids is 1. The molecule has 0 aliphatic rings. The molecule has 0 aliphatic carbocycles. The zero-order valence-corrected chi connectivity index (χ0v) is 16.5. The average Bonchev–Trinajstić information content (AvgIpc) is 2.52. The first-order chi connectivity index (χ1) is 11.9. The summed E-state index contributed by atoms with van der Waals surface area (Å²) in [5.74, 6) is 1.18. The topological polar surface area (TPSA) is 90.5 Å². The van der Waals surface area contributed by atoms with Crippen LogP contribution in [0, 0.1) is 20.8 Å². The number of anilines is 3. The molecule has 6 nitrogen and oxygen atoms in total. The second-order valence-electron chi connectivity index (χ2n) is 6.10.